The Bertz CT molecular complexity index is 716. The number of rotatable bonds is 6. The van der Waals surface area contributed by atoms with E-state index in [1.807, 2.05) is 0 Å². The van der Waals surface area contributed by atoms with Crippen LogP contribution in [0, 0.1) is 15.5 Å². The van der Waals surface area contributed by atoms with Crippen LogP contribution in [0.25, 0.3) is 5.69 Å². The molecule has 0 unspecified atom stereocenters. The summed E-state index contributed by atoms with van der Waals surface area (Å²) in [7, 11) is 0. The van der Waals surface area contributed by atoms with Crippen molar-refractivity contribution in [2.24, 2.45) is 5.41 Å². The number of nitrogens with zero attached hydrogens (tertiary/aromatic N) is 3. The minimum atomic E-state index is -1.09. The number of amides is 1. The standard InChI is InChI=1S/C14H15ClN4O4/c1-14(2,9-23-19(21)22)13(20)17-11-5-4-10(15)8-12(11)18-7-3-6-16-18/h3-8H,9H2,1-2H3,(H,17,20). The largest absolute Gasteiger partial charge is 0.324 e. The molecule has 0 aliphatic heterocycles. The maximum Gasteiger partial charge on any atom is 0.294 e. The van der Waals surface area contributed by atoms with Gasteiger partial charge in [-0.25, -0.2) is 4.68 Å². The van der Waals surface area contributed by atoms with E-state index in [0.717, 1.165) is 0 Å². The number of anilines is 1. The van der Waals surface area contributed by atoms with Crippen molar-refractivity contribution in [3.63, 3.8) is 0 Å². The molecule has 0 radical (unpaired) electrons. The highest BCUT2D eigenvalue weighted by molar-refractivity contribution is 6.30. The third kappa shape index (κ3) is 4.19. The number of carbonyl (C=O) groups is 1. The molecule has 8 nitrogen and oxygen atoms in total. The van der Waals surface area contributed by atoms with Crippen LogP contribution in [0.3, 0.4) is 0 Å². The van der Waals surface area contributed by atoms with Crippen molar-refractivity contribution in [2.45, 2.75) is 13.8 Å². The molecule has 23 heavy (non-hydrogen) atoms. The van der Waals surface area contributed by atoms with Crippen LogP contribution in [0.1, 0.15) is 13.8 Å². The smallest absolute Gasteiger partial charge is 0.294 e. The van der Waals surface area contributed by atoms with Gasteiger partial charge in [-0.05, 0) is 38.1 Å². The quantitative estimate of drug-likeness (QED) is 0.644. The summed E-state index contributed by atoms with van der Waals surface area (Å²) in [6.07, 6.45) is 3.31. The van der Waals surface area contributed by atoms with E-state index in [1.165, 1.54) is 0 Å². The van der Waals surface area contributed by atoms with E-state index in [9.17, 15) is 14.9 Å². The van der Waals surface area contributed by atoms with Crippen LogP contribution in [-0.2, 0) is 9.63 Å². The third-order valence-electron chi connectivity index (χ3n) is 3.10. The van der Waals surface area contributed by atoms with Gasteiger partial charge in [0, 0.05) is 17.4 Å². The second kappa shape index (κ2) is 6.66. The van der Waals surface area contributed by atoms with Gasteiger partial charge in [0.15, 0.2) is 0 Å². The second-order valence-corrected chi connectivity index (χ2v) is 5.88. The highest BCUT2D eigenvalue weighted by Crippen LogP contribution is 2.26. The summed E-state index contributed by atoms with van der Waals surface area (Å²) >= 11 is 6.00. The molecule has 0 aliphatic rings. The van der Waals surface area contributed by atoms with Gasteiger partial charge in [0.1, 0.15) is 6.61 Å². The first kappa shape index (κ1) is 16.8. The molecule has 1 aromatic carbocycles. The van der Waals surface area contributed by atoms with Crippen LogP contribution in [0.5, 0.6) is 0 Å². The Hall–Kier alpha value is -2.61. The van der Waals surface area contributed by atoms with E-state index < -0.39 is 16.4 Å². The number of aromatic nitrogens is 2. The SMILES string of the molecule is CC(C)(CO[N+](=O)[O-])C(=O)Nc1ccc(Cl)cc1-n1cccn1. The van der Waals surface area contributed by atoms with Crippen LogP contribution < -0.4 is 5.32 Å². The molecule has 122 valence electrons. The Balaban J connectivity index is 2.23. The summed E-state index contributed by atoms with van der Waals surface area (Å²) in [6, 6.07) is 6.67. The van der Waals surface area contributed by atoms with Crippen LogP contribution in [0.15, 0.2) is 36.7 Å². The van der Waals surface area contributed by atoms with Crippen molar-refractivity contribution >= 4 is 23.2 Å². The fraction of sp³-hybridized carbons (Fsp3) is 0.286. The van der Waals surface area contributed by atoms with Crippen molar-refractivity contribution in [1.82, 2.24) is 9.78 Å². The van der Waals surface area contributed by atoms with Crippen LogP contribution in [0.4, 0.5) is 5.69 Å². The second-order valence-electron chi connectivity index (χ2n) is 5.45. The molecule has 1 N–H and O–H groups in total. The summed E-state index contributed by atoms with van der Waals surface area (Å²) in [5.74, 6) is -0.421. The fourth-order valence-electron chi connectivity index (χ4n) is 1.78. The van der Waals surface area contributed by atoms with Gasteiger partial charge >= 0.3 is 0 Å². The molecule has 0 atom stereocenters. The van der Waals surface area contributed by atoms with E-state index in [4.69, 9.17) is 11.6 Å². The highest BCUT2D eigenvalue weighted by Gasteiger charge is 2.30. The van der Waals surface area contributed by atoms with Gasteiger partial charge in [0.05, 0.1) is 16.8 Å². The number of carbonyl (C=O) groups excluding carboxylic acids is 1. The first-order valence-corrected chi connectivity index (χ1v) is 7.06. The van der Waals surface area contributed by atoms with Gasteiger partial charge in [-0.2, -0.15) is 5.10 Å². The molecule has 1 heterocycles. The molecule has 2 rings (SSSR count). The first-order chi connectivity index (χ1) is 10.8. The van der Waals surface area contributed by atoms with Crippen molar-refractivity contribution in [1.29, 1.82) is 0 Å². The predicted octanol–water partition coefficient (Wildman–Crippen LogP) is 2.70. The maximum atomic E-state index is 12.4. The van der Waals surface area contributed by atoms with Crippen molar-refractivity contribution in [3.8, 4) is 5.69 Å². The Labute approximate surface area is 137 Å². The van der Waals surface area contributed by atoms with E-state index in [1.54, 1.807) is 55.2 Å². The molecule has 1 amide bonds. The van der Waals surface area contributed by atoms with E-state index >= 15 is 0 Å². The van der Waals surface area contributed by atoms with E-state index in [0.29, 0.717) is 16.4 Å². The van der Waals surface area contributed by atoms with Gasteiger partial charge in [0.25, 0.3) is 5.09 Å². The monoisotopic (exact) mass is 338 g/mol. The summed E-state index contributed by atoms with van der Waals surface area (Å²) in [5.41, 5.74) is -0.0206. The molecule has 9 heteroatoms. The average molecular weight is 339 g/mol. The molecule has 0 saturated heterocycles. The van der Waals surface area contributed by atoms with Crippen LogP contribution in [-0.4, -0.2) is 27.4 Å². The normalized spacial score (nSPS) is 11.1. The zero-order chi connectivity index (χ0) is 17.0. The molecule has 0 fully saturated rings. The molecule has 1 aromatic heterocycles. The minimum Gasteiger partial charge on any atom is -0.324 e. The Kier molecular flexibility index (Phi) is 4.85. The molecule has 0 aliphatic carbocycles. The van der Waals surface area contributed by atoms with Gasteiger partial charge in [-0.3, -0.25) is 4.79 Å². The van der Waals surface area contributed by atoms with Crippen molar-refractivity contribution in [2.75, 3.05) is 11.9 Å². The number of benzene rings is 1. The summed E-state index contributed by atoms with van der Waals surface area (Å²) in [5, 5.41) is 16.7. The predicted molar refractivity (Wildman–Crippen MR) is 83.9 cm³/mol. The molecular weight excluding hydrogens is 324 g/mol. The van der Waals surface area contributed by atoms with Crippen molar-refractivity contribution < 1.29 is 14.7 Å². The number of nitrogens with one attached hydrogen (secondary N) is 1. The first-order valence-electron chi connectivity index (χ1n) is 6.68. The highest BCUT2D eigenvalue weighted by atomic mass is 35.5. The lowest BCUT2D eigenvalue weighted by atomic mass is 9.93. The Morgan fingerprint density at radius 1 is 1.52 bits per heavy atom. The summed E-state index contributed by atoms with van der Waals surface area (Å²) in [6.45, 7) is 2.75. The molecule has 2 aromatic rings. The van der Waals surface area contributed by atoms with Gasteiger partial charge in [0.2, 0.25) is 5.91 Å². The molecule has 0 spiro atoms. The molecular formula is C14H15ClN4O4. The van der Waals surface area contributed by atoms with Gasteiger partial charge < -0.3 is 10.2 Å². The average Bonchev–Trinajstić information content (AvgIpc) is 3.01. The lowest BCUT2D eigenvalue weighted by molar-refractivity contribution is -0.760. The molecule has 0 saturated carbocycles. The lowest BCUT2D eigenvalue weighted by Gasteiger charge is -2.23. The van der Waals surface area contributed by atoms with E-state index in [2.05, 4.69) is 15.3 Å². The van der Waals surface area contributed by atoms with Crippen molar-refractivity contribution in [3.05, 3.63) is 51.8 Å². The Morgan fingerprint density at radius 3 is 2.87 bits per heavy atom. The number of hydrogen-bond donors (Lipinski definition) is 1. The fourth-order valence-corrected chi connectivity index (χ4v) is 1.95. The van der Waals surface area contributed by atoms with Gasteiger partial charge in [-0.1, -0.05) is 11.6 Å². The zero-order valence-electron chi connectivity index (χ0n) is 12.5. The van der Waals surface area contributed by atoms with Gasteiger partial charge in [-0.15, -0.1) is 10.1 Å². The van der Waals surface area contributed by atoms with Crippen LogP contribution >= 0.6 is 11.6 Å². The third-order valence-corrected chi connectivity index (χ3v) is 3.34. The maximum absolute atomic E-state index is 12.4. The number of halogens is 1. The lowest BCUT2D eigenvalue weighted by Crippen LogP contribution is -2.36. The topological polar surface area (TPSA) is 99.3 Å². The molecule has 0 bridgehead atoms. The Morgan fingerprint density at radius 2 is 2.26 bits per heavy atom. The van der Waals surface area contributed by atoms with Crippen LogP contribution in [0.2, 0.25) is 5.02 Å². The minimum absolute atomic E-state index is 0.351. The summed E-state index contributed by atoms with van der Waals surface area (Å²) in [4.78, 5) is 27.0. The zero-order valence-corrected chi connectivity index (χ0v) is 13.3. The van der Waals surface area contributed by atoms with E-state index in [-0.39, 0.29) is 6.61 Å². The number of hydrogen-bond acceptors (Lipinski definition) is 5. The summed E-state index contributed by atoms with van der Waals surface area (Å²) < 4.78 is 1.56.